The summed E-state index contributed by atoms with van der Waals surface area (Å²) in [5, 5.41) is 2.91. The lowest BCUT2D eigenvalue weighted by molar-refractivity contribution is -0.140. The number of nitrogens with zero attached hydrogens (tertiary/aromatic N) is 1. The van der Waals surface area contributed by atoms with Gasteiger partial charge in [-0.05, 0) is 63.3 Å². The molecule has 1 fully saturated rings. The molecule has 0 saturated carbocycles. The molecule has 1 N–H and O–H groups in total. The summed E-state index contributed by atoms with van der Waals surface area (Å²) in [6, 6.07) is 7.06. The highest BCUT2D eigenvalue weighted by Crippen LogP contribution is 2.24. The first-order chi connectivity index (χ1) is 12.8. The van der Waals surface area contributed by atoms with Gasteiger partial charge in [0.15, 0.2) is 6.61 Å². The first kappa shape index (κ1) is 21.2. The molecular formula is C21H32N2O4. The molecule has 1 aliphatic heterocycles. The van der Waals surface area contributed by atoms with E-state index in [1.54, 1.807) is 24.3 Å². The molecule has 1 saturated heterocycles. The summed E-state index contributed by atoms with van der Waals surface area (Å²) in [5.41, 5.74) is -0.187. The van der Waals surface area contributed by atoms with E-state index in [2.05, 4.69) is 19.2 Å². The van der Waals surface area contributed by atoms with Crippen molar-refractivity contribution >= 4 is 17.5 Å². The number of hydrogen-bond acceptors (Lipinski definition) is 4. The number of amides is 2. The summed E-state index contributed by atoms with van der Waals surface area (Å²) in [4.78, 5) is 26.5. The average molecular weight is 376 g/mol. The maximum Gasteiger partial charge on any atom is 0.260 e. The molecule has 6 nitrogen and oxygen atoms in total. The van der Waals surface area contributed by atoms with Crippen LogP contribution >= 0.6 is 0 Å². The predicted molar refractivity (Wildman–Crippen MR) is 106 cm³/mol. The molecule has 1 aliphatic rings. The first-order valence-corrected chi connectivity index (χ1v) is 9.80. The lowest BCUT2D eigenvalue weighted by atomic mass is 9.93. The van der Waals surface area contributed by atoms with E-state index in [0.717, 1.165) is 25.9 Å². The molecule has 0 aliphatic carbocycles. The molecular weight excluding hydrogens is 344 g/mol. The van der Waals surface area contributed by atoms with E-state index in [1.807, 2.05) is 18.7 Å². The van der Waals surface area contributed by atoms with Gasteiger partial charge in [-0.2, -0.15) is 0 Å². The van der Waals surface area contributed by atoms with Crippen molar-refractivity contribution in [2.45, 2.75) is 52.6 Å². The summed E-state index contributed by atoms with van der Waals surface area (Å²) in [6.45, 7) is 10.0. The third-order valence-corrected chi connectivity index (χ3v) is 4.67. The number of ether oxygens (including phenoxy) is 2. The molecule has 2 rings (SSSR count). The SMILES string of the molecule is CCO[C@](C)(CC(C)C)C(=O)Nc1ccc(OCC(=O)N2CCCC2)cc1. The van der Waals surface area contributed by atoms with Crippen molar-refractivity contribution in [3.05, 3.63) is 24.3 Å². The number of nitrogens with one attached hydrogen (secondary N) is 1. The largest absolute Gasteiger partial charge is 0.484 e. The Morgan fingerprint density at radius 2 is 1.81 bits per heavy atom. The van der Waals surface area contributed by atoms with Gasteiger partial charge in [-0.15, -0.1) is 0 Å². The Morgan fingerprint density at radius 1 is 1.19 bits per heavy atom. The molecule has 150 valence electrons. The third kappa shape index (κ3) is 6.24. The Kier molecular flexibility index (Phi) is 7.66. The van der Waals surface area contributed by atoms with Crippen LogP contribution in [0.2, 0.25) is 0 Å². The number of carbonyl (C=O) groups excluding carboxylic acids is 2. The molecule has 2 amide bonds. The summed E-state index contributed by atoms with van der Waals surface area (Å²) in [6.07, 6.45) is 2.78. The zero-order chi connectivity index (χ0) is 19.9. The van der Waals surface area contributed by atoms with Crippen molar-refractivity contribution < 1.29 is 19.1 Å². The van der Waals surface area contributed by atoms with Gasteiger partial charge in [0.25, 0.3) is 11.8 Å². The molecule has 27 heavy (non-hydrogen) atoms. The van der Waals surface area contributed by atoms with E-state index in [0.29, 0.717) is 30.4 Å². The van der Waals surface area contributed by atoms with Crippen molar-refractivity contribution in [1.29, 1.82) is 0 Å². The lowest BCUT2D eigenvalue weighted by Gasteiger charge is -2.29. The van der Waals surface area contributed by atoms with E-state index < -0.39 is 5.60 Å². The van der Waals surface area contributed by atoms with Gasteiger partial charge < -0.3 is 19.7 Å². The predicted octanol–water partition coefficient (Wildman–Crippen LogP) is 3.47. The molecule has 0 bridgehead atoms. The zero-order valence-corrected chi connectivity index (χ0v) is 16.9. The van der Waals surface area contributed by atoms with Crippen LogP contribution in [-0.2, 0) is 14.3 Å². The van der Waals surface area contributed by atoms with E-state index in [9.17, 15) is 9.59 Å². The van der Waals surface area contributed by atoms with Gasteiger partial charge in [0.1, 0.15) is 11.4 Å². The molecule has 1 heterocycles. The molecule has 1 aromatic rings. The van der Waals surface area contributed by atoms with Crippen LogP contribution in [0.4, 0.5) is 5.69 Å². The molecule has 6 heteroatoms. The fraction of sp³-hybridized carbons (Fsp3) is 0.619. The van der Waals surface area contributed by atoms with Crippen molar-refractivity contribution in [3.8, 4) is 5.75 Å². The molecule has 0 unspecified atom stereocenters. The highest BCUT2D eigenvalue weighted by atomic mass is 16.5. The lowest BCUT2D eigenvalue weighted by Crippen LogP contribution is -2.43. The van der Waals surface area contributed by atoms with E-state index in [-0.39, 0.29) is 18.4 Å². The van der Waals surface area contributed by atoms with Crippen LogP contribution in [0, 0.1) is 5.92 Å². The second-order valence-electron chi connectivity index (χ2n) is 7.62. The Balaban J connectivity index is 1.90. The number of benzene rings is 1. The van der Waals surface area contributed by atoms with Crippen LogP contribution in [0.15, 0.2) is 24.3 Å². The maximum absolute atomic E-state index is 12.7. The van der Waals surface area contributed by atoms with Gasteiger partial charge >= 0.3 is 0 Å². The minimum atomic E-state index is -0.861. The maximum atomic E-state index is 12.7. The van der Waals surface area contributed by atoms with Gasteiger partial charge in [-0.3, -0.25) is 9.59 Å². The second-order valence-corrected chi connectivity index (χ2v) is 7.62. The van der Waals surface area contributed by atoms with Crippen LogP contribution in [0.1, 0.15) is 47.0 Å². The second kappa shape index (κ2) is 9.74. The Labute approximate surface area is 162 Å². The standard InChI is InChI=1S/C21H32N2O4/c1-5-27-21(4,14-16(2)3)20(25)22-17-8-10-18(11-9-17)26-15-19(24)23-12-6-7-13-23/h8-11,16H,5-7,12-15H2,1-4H3,(H,22,25)/t21-/m1/s1. The first-order valence-electron chi connectivity index (χ1n) is 9.80. The topological polar surface area (TPSA) is 67.9 Å². The van der Waals surface area contributed by atoms with Gasteiger partial charge in [-0.1, -0.05) is 13.8 Å². The van der Waals surface area contributed by atoms with Gasteiger partial charge in [0.05, 0.1) is 0 Å². The van der Waals surface area contributed by atoms with Crippen molar-refractivity contribution in [3.63, 3.8) is 0 Å². The fourth-order valence-corrected chi connectivity index (χ4v) is 3.42. The van der Waals surface area contributed by atoms with Crippen LogP contribution in [0.3, 0.4) is 0 Å². The summed E-state index contributed by atoms with van der Waals surface area (Å²) in [5.74, 6) is 0.813. The molecule has 0 radical (unpaired) electrons. The quantitative estimate of drug-likeness (QED) is 0.717. The van der Waals surface area contributed by atoms with E-state index >= 15 is 0 Å². The minimum Gasteiger partial charge on any atom is -0.484 e. The Bertz CT molecular complexity index is 624. The van der Waals surface area contributed by atoms with Crippen LogP contribution in [0.5, 0.6) is 5.75 Å². The Morgan fingerprint density at radius 3 is 2.37 bits per heavy atom. The third-order valence-electron chi connectivity index (χ3n) is 4.67. The minimum absolute atomic E-state index is 0.0195. The summed E-state index contributed by atoms with van der Waals surface area (Å²) < 4.78 is 11.3. The van der Waals surface area contributed by atoms with Crippen molar-refractivity contribution in [2.24, 2.45) is 5.92 Å². The van der Waals surface area contributed by atoms with Gasteiger partial charge in [0.2, 0.25) is 0 Å². The normalized spacial score (nSPS) is 16.3. The monoisotopic (exact) mass is 376 g/mol. The van der Waals surface area contributed by atoms with Crippen LogP contribution in [-0.4, -0.2) is 48.6 Å². The highest BCUT2D eigenvalue weighted by molar-refractivity contribution is 5.97. The number of carbonyl (C=O) groups is 2. The van der Waals surface area contributed by atoms with Crippen LogP contribution in [0.25, 0.3) is 0 Å². The van der Waals surface area contributed by atoms with E-state index in [1.165, 1.54) is 0 Å². The summed E-state index contributed by atoms with van der Waals surface area (Å²) >= 11 is 0. The fourth-order valence-electron chi connectivity index (χ4n) is 3.42. The average Bonchev–Trinajstić information content (AvgIpc) is 3.15. The Hall–Kier alpha value is -2.08. The highest BCUT2D eigenvalue weighted by Gasteiger charge is 2.34. The summed E-state index contributed by atoms with van der Waals surface area (Å²) in [7, 11) is 0. The number of rotatable bonds is 9. The molecule has 0 spiro atoms. The van der Waals surface area contributed by atoms with Crippen molar-refractivity contribution in [2.75, 3.05) is 31.6 Å². The molecule has 1 aromatic carbocycles. The van der Waals surface area contributed by atoms with Gasteiger partial charge in [-0.25, -0.2) is 0 Å². The van der Waals surface area contributed by atoms with Crippen molar-refractivity contribution in [1.82, 2.24) is 4.90 Å². The number of likely N-dealkylation sites (tertiary alicyclic amines) is 1. The number of hydrogen-bond donors (Lipinski definition) is 1. The van der Waals surface area contributed by atoms with E-state index in [4.69, 9.17) is 9.47 Å². The van der Waals surface area contributed by atoms with Gasteiger partial charge in [0, 0.05) is 25.4 Å². The smallest absolute Gasteiger partial charge is 0.260 e. The zero-order valence-electron chi connectivity index (χ0n) is 16.9. The number of anilines is 1. The molecule has 0 aromatic heterocycles. The van der Waals surface area contributed by atoms with Crippen LogP contribution < -0.4 is 10.1 Å². The molecule has 1 atom stereocenters.